The van der Waals surface area contributed by atoms with E-state index >= 15 is 0 Å². The molecule has 55 heavy (non-hydrogen) atoms. The van der Waals surface area contributed by atoms with Crippen molar-refractivity contribution in [2.45, 2.75) is 75.9 Å². The highest BCUT2D eigenvalue weighted by atomic mass is 35.5. The second-order valence-electron chi connectivity index (χ2n) is 14.9. The third-order valence-corrected chi connectivity index (χ3v) is 11.8. The number of halogens is 3. The number of aryl methyl sites for hydroxylation is 1. The van der Waals surface area contributed by atoms with Crippen molar-refractivity contribution in [2.75, 3.05) is 36.9 Å². The predicted molar refractivity (Wildman–Crippen MR) is 201 cm³/mol. The van der Waals surface area contributed by atoms with E-state index in [2.05, 4.69) is 42.7 Å². The van der Waals surface area contributed by atoms with Crippen LogP contribution >= 0.6 is 11.6 Å². The molecule has 1 atom stereocenters. The normalized spacial score (nSPS) is 21.3. The Morgan fingerprint density at radius 3 is 2.58 bits per heavy atom. The Morgan fingerprint density at radius 2 is 1.85 bits per heavy atom. The molecule has 2 saturated heterocycles. The molecule has 18 heteroatoms. The number of benzene rings is 1. The number of fused-ring (bicyclic) bond motifs is 2. The van der Waals surface area contributed by atoms with Crippen molar-refractivity contribution < 1.29 is 23.2 Å². The van der Waals surface area contributed by atoms with Crippen molar-refractivity contribution in [1.82, 2.24) is 43.7 Å². The summed E-state index contributed by atoms with van der Waals surface area (Å²) in [5.41, 5.74) is 1.82. The minimum atomic E-state index is -2.86. The van der Waals surface area contributed by atoms with Gasteiger partial charge >= 0.3 is 5.69 Å². The van der Waals surface area contributed by atoms with Crippen LogP contribution in [0.25, 0.3) is 16.7 Å². The van der Waals surface area contributed by atoms with Crippen LogP contribution in [0.5, 0.6) is 0 Å². The van der Waals surface area contributed by atoms with E-state index in [9.17, 15) is 28.0 Å². The van der Waals surface area contributed by atoms with Crippen LogP contribution in [0.15, 0.2) is 47.8 Å². The SMILES string of the molecule is CN(CC1CCC(n2cc(NC(=O)c3cnn4cccnc34)c(C(F)F)n2)CC1)C1CCN(c2cc(Cl)cc3c2n(C)c(=O)n3C2CCC(=O)NC2=O)CC1. The summed E-state index contributed by atoms with van der Waals surface area (Å²) in [6, 6.07) is 4.78. The number of hydrogen-bond donors (Lipinski definition) is 2. The van der Waals surface area contributed by atoms with Gasteiger partial charge in [0.25, 0.3) is 12.3 Å². The van der Waals surface area contributed by atoms with Crippen molar-refractivity contribution >= 4 is 57.4 Å². The average Bonchev–Trinajstić information content (AvgIpc) is 3.86. The number of nitrogens with zero attached hydrogens (tertiary/aromatic N) is 9. The molecule has 0 spiro atoms. The van der Waals surface area contributed by atoms with Gasteiger partial charge in [0.1, 0.15) is 11.6 Å². The largest absolute Gasteiger partial charge is 0.370 e. The van der Waals surface area contributed by atoms with E-state index in [0.717, 1.165) is 63.8 Å². The smallest absolute Gasteiger partial charge is 0.329 e. The zero-order valence-corrected chi connectivity index (χ0v) is 31.3. The molecular formula is C37H42ClF2N11O4. The molecule has 3 fully saturated rings. The number of carbonyl (C=O) groups is 3. The van der Waals surface area contributed by atoms with Crippen LogP contribution in [0.1, 0.15) is 85.9 Å². The number of piperidine rings is 2. The van der Waals surface area contributed by atoms with Crippen LogP contribution in [0.2, 0.25) is 5.02 Å². The first-order valence-corrected chi connectivity index (χ1v) is 19.0. The van der Waals surface area contributed by atoms with Crippen LogP contribution in [-0.4, -0.2) is 88.9 Å². The van der Waals surface area contributed by atoms with Crippen molar-refractivity contribution in [2.24, 2.45) is 13.0 Å². The highest BCUT2D eigenvalue weighted by Crippen LogP contribution is 2.37. The number of amides is 3. The molecule has 1 aromatic carbocycles. The molecule has 1 unspecified atom stereocenters. The van der Waals surface area contributed by atoms with Gasteiger partial charge in [-0.25, -0.2) is 23.1 Å². The van der Waals surface area contributed by atoms with E-state index in [-0.39, 0.29) is 41.7 Å². The monoisotopic (exact) mass is 777 g/mol. The molecule has 0 radical (unpaired) electrons. The lowest BCUT2D eigenvalue weighted by molar-refractivity contribution is -0.135. The second-order valence-corrected chi connectivity index (χ2v) is 15.3. The zero-order chi connectivity index (χ0) is 38.5. The van der Waals surface area contributed by atoms with Crippen LogP contribution < -0.4 is 21.2 Å². The minimum Gasteiger partial charge on any atom is -0.370 e. The maximum atomic E-state index is 14.1. The Hall–Kier alpha value is -5.16. The fraction of sp³-hybridized carbons (Fsp3) is 0.486. The Labute approximate surface area is 319 Å². The Morgan fingerprint density at radius 1 is 1.09 bits per heavy atom. The van der Waals surface area contributed by atoms with Gasteiger partial charge in [-0.05, 0) is 76.1 Å². The van der Waals surface area contributed by atoms with Crippen molar-refractivity contribution in [1.29, 1.82) is 0 Å². The topological polar surface area (TPSA) is 157 Å². The molecule has 6 heterocycles. The number of alkyl halides is 2. The number of imidazole rings is 1. The van der Waals surface area contributed by atoms with Gasteiger partial charge in [0, 0.05) is 62.8 Å². The molecule has 0 bridgehead atoms. The standard InChI is InChI=1S/C37H42ClF2N11O4/c1-46(23-10-14-48(15-11-23)28-16-22(38)17-29-32(28)47(2)37(55)51(29)27-8-9-30(52)44-36(27)54)19-21-4-6-24(7-5-21)50-20-26(31(45-50)33(39)40)43-35(53)25-18-42-49-13-3-12-41-34(25)49/h3,12-13,16-18,20-21,23-24,27,33H,4-11,14-15,19H2,1-2H3,(H,43,53)(H,44,52,54). The second kappa shape index (κ2) is 14.8. The number of hydrogen-bond acceptors (Lipinski definition) is 9. The number of carbonyl (C=O) groups excluding carboxylic acids is 3. The number of imide groups is 1. The molecule has 2 aliphatic heterocycles. The Bertz CT molecular complexity index is 2340. The van der Waals surface area contributed by atoms with Gasteiger partial charge in [-0.2, -0.15) is 10.2 Å². The van der Waals surface area contributed by atoms with Gasteiger partial charge in [-0.1, -0.05) is 11.6 Å². The first-order chi connectivity index (χ1) is 26.5. The summed E-state index contributed by atoms with van der Waals surface area (Å²) in [6.45, 7) is 2.43. The van der Waals surface area contributed by atoms with Gasteiger partial charge in [0.2, 0.25) is 11.8 Å². The van der Waals surface area contributed by atoms with Gasteiger partial charge in [-0.15, -0.1) is 0 Å². The van der Waals surface area contributed by atoms with Crippen molar-refractivity contribution in [3.05, 3.63) is 69.8 Å². The fourth-order valence-electron chi connectivity index (χ4n) is 8.65. The molecular weight excluding hydrogens is 736 g/mol. The Kier molecular flexibility index (Phi) is 9.92. The average molecular weight is 778 g/mol. The van der Waals surface area contributed by atoms with Gasteiger partial charge in [0.05, 0.1) is 34.6 Å². The zero-order valence-electron chi connectivity index (χ0n) is 30.5. The lowest BCUT2D eigenvalue weighted by Gasteiger charge is -2.40. The van der Waals surface area contributed by atoms with E-state index in [4.69, 9.17) is 11.6 Å². The van der Waals surface area contributed by atoms with E-state index in [1.807, 2.05) is 6.07 Å². The molecule has 5 aromatic rings. The first kappa shape index (κ1) is 36.8. The van der Waals surface area contributed by atoms with E-state index < -0.39 is 30.0 Å². The lowest BCUT2D eigenvalue weighted by Crippen LogP contribution is -2.45. The third-order valence-electron chi connectivity index (χ3n) is 11.5. The fourth-order valence-corrected chi connectivity index (χ4v) is 8.86. The lowest BCUT2D eigenvalue weighted by atomic mass is 9.85. The van der Waals surface area contributed by atoms with E-state index in [0.29, 0.717) is 33.7 Å². The molecule has 1 saturated carbocycles. The Balaban J connectivity index is 0.879. The van der Waals surface area contributed by atoms with Gasteiger partial charge in [0.15, 0.2) is 11.3 Å². The molecule has 290 valence electrons. The van der Waals surface area contributed by atoms with E-state index in [1.54, 1.807) is 34.6 Å². The summed E-state index contributed by atoms with van der Waals surface area (Å²) in [4.78, 5) is 59.9. The summed E-state index contributed by atoms with van der Waals surface area (Å²) in [5, 5.41) is 13.8. The molecule has 8 rings (SSSR count). The maximum Gasteiger partial charge on any atom is 0.329 e. The molecule has 4 aromatic heterocycles. The quantitative estimate of drug-likeness (QED) is 0.202. The highest BCUT2D eigenvalue weighted by Gasteiger charge is 2.34. The minimum absolute atomic E-state index is 0.0175. The summed E-state index contributed by atoms with van der Waals surface area (Å²) in [6.07, 6.45) is 8.84. The molecule has 1 aliphatic carbocycles. The summed E-state index contributed by atoms with van der Waals surface area (Å²) in [5.74, 6) is -0.962. The van der Waals surface area contributed by atoms with Crippen LogP contribution in [0.3, 0.4) is 0 Å². The van der Waals surface area contributed by atoms with Gasteiger partial charge in [-0.3, -0.25) is 33.5 Å². The molecule has 15 nitrogen and oxygen atoms in total. The first-order valence-electron chi connectivity index (χ1n) is 18.6. The number of rotatable bonds is 9. The molecule has 2 N–H and O–H groups in total. The third kappa shape index (κ3) is 6.99. The van der Waals surface area contributed by atoms with Crippen molar-refractivity contribution in [3.63, 3.8) is 0 Å². The maximum absolute atomic E-state index is 14.1. The summed E-state index contributed by atoms with van der Waals surface area (Å²) >= 11 is 6.62. The van der Waals surface area contributed by atoms with E-state index in [1.165, 1.54) is 27.7 Å². The predicted octanol–water partition coefficient (Wildman–Crippen LogP) is 4.73. The van der Waals surface area contributed by atoms with Crippen LogP contribution in [0.4, 0.5) is 20.2 Å². The molecule has 3 aliphatic rings. The number of nitrogens with one attached hydrogen (secondary N) is 2. The number of aromatic nitrogens is 7. The van der Waals surface area contributed by atoms with Crippen LogP contribution in [-0.2, 0) is 16.6 Å². The summed E-state index contributed by atoms with van der Waals surface area (Å²) < 4.78 is 34.2. The highest BCUT2D eigenvalue weighted by molar-refractivity contribution is 6.31. The van der Waals surface area contributed by atoms with Crippen LogP contribution in [0, 0.1) is 5.92 Å². The molecule has 3 amide bonds. The van der Waals surface area contributed by atoms with Gasteiger partial charge < -0.3 is 15.1 Å². The number of anilines is 2. The van der Waals surface area contributed by atoms with Crippen molar-refractivity contribution in [3.8, 4) is 0 Å². The summed E-state index contributed by atoms with van der Waals surface area (Å²) in [7, 11) is 3.85.